The molecule has 1 aromatic heterocycles. The largest absolute Gasteiger partial charge is 0.261 e. The molecule has 0 amide bonds. The minimum Gasteiger partial charge on any atom is -0.261 e. The van der Waals surface area contributed by atoms with Crippen LogP contribution in [0.5, 0.6) is 0 Å². The summed E-state index contributed by atoms with van der Waals surface area (Å²) in [4.78, 5) is 3.86. The summed E-state index contributed by atoms with van der Waals surface area (Å²) in [5.41, 5.74) is 1.01. The molecule has 72 valence electrons. The van der Waals surface area contributed by atoms with Gasteiger partial charge < -0.3 is 0 Å². The third-order valence-electron chi connectivity index (χ3n) is 2.36. The highest BCUT2D eigenvalue weighted by Gasteiger charge is 2.19. The minimum atomic E-state index is -0.248. The number of aromatic nitrogens is 1. The molecule has 0 bridgehead atoms. The molecule has 0 aliphatic rings. The molecule has 0 saturated carbocycles. The molecule has 1 nitrogen and oxygen atoms in total. The SMILES string of the molecule is CCCC(C)(C)c1cncc(F)c1. The number of pyridine rings is 1. The number of hydrogen-bond acceptors (Lipinski definition) is 1. The predicted octanol–water partition coefficient (Wildman–Crippen LogP) is 3.30. The molecule has 0 aliphatic heterocycles. The van der Waals surface area contributed by atoms with Crippen LogP contribution in [0.25, 0.3) is 0 Å². The molecular weight excluding hydrogens is 165 g/mol. The summed E-state index contributed by atoms with van der Waals surface area (Å²) < 4.78 is 12.9. The number of nitrogens with zero attached hydrogens (tertiary/aromatic N) is 1. The standard InChI is InChI=1S/C11H16FN/c1-4-5-11(2,3)9-6-10(12)8-13-7-9/h6-8H,4-5H2,1-3H3. The first-order chi connectivity index (χ1) is 6.06. The van der Waals surface area contributed by atoms with E-state index < -0.39 is 0 Å². The van der Waals surface area contributed by atoms with E-state index in [1.807, 2.05) is 0 Å². The van der Waals surface area contributed by atoms with E-state index >= 15 is 0 Å². The van der Waals surface area contributed by atoms with E-state index in [1.165, 1.54) is 6.20 Å². The molecule has 1 aromatic rings. The van der Waals surface area contributed by atoms with Crippen molar-refractivity contribution in [3.8, 4) is 0 Å². The average molecular weight is 181 g/mol. The van der Waals surface area contributed by atoms with E-state index in [2.05, 4.69) is 25.8 Å². The molecule has 0 fully saturated rings. The van der Waals surface area contributed by atoms with E-state index in [0.29, 0.717) is 0 Å². The highest BCUT2D eigenvalue weighted by Crippen LogP contribution is 2.27. The lowest BCUT2D eigenvalue weighted by molar-refractivity contribution is 0.467. The second-order valence-corrected chi connectivity index (χ2v) is 4.03. The second kappa shape index (κ2) is 3.86. The first-order valence-corrected chi connectivity index (χ1v) is 4.67. The third kappa shape index (κ3) is 2.51. The van der Waals surface area contributed by atoms with Gasteiger partial charge in [-0.2, -0.15) is 0 Å². The Morgan fingerprint density at radius 3 is 2.62 bits per heavy atom. The van der Waals surface area contributed by atoms with Gasteiger partial charge in [0, 0.05) is 6.20 Å². The maximum atomic E-state index is 12.9. The quantitative estimate of drug-likeness (QED) is 0.697. The Hall–Kier alpha value is -0.920. The Bertz CT molecular complexity index is 281. The second-order valence-electron chi connectivity index (χ2n) is 4.03. The molecular formula is C11H16FN. The first kappa shape index (κ1) is 10.2. The van der Waals surface area contributed by atoms with Crippen molar-refractivity contribution < 1.29 is 4.39 Å². The Balaban J connectivity index is 2.93. The lowest BCUT2D eigenvalue weighted by Crippen LogP contribution is -2.17. The van der Waals surface area contributed by atoms with Gasteiger partial charge >= 0.3 is 0 Å². The van der Waals surface area contributed by atoms with Gasteiger partial charge in [-0.25, -0.2) is 4.39 Å². The van der Waals surface area contributed by atoms with Crippen molar-refractivity contribution in [3.05, 3.63) is 29.8 Å². The van der Waals surface area contributed by atoms with Crippen LogP contribution < -0.4 is 0 Å². The van der Waals surface area contributed by atoms with Gasteiger partial charge in [-0.05, 0) is 23.5 Å². The molecule has 1 heterocycles. The summed E-state index contributed by atoms with van der Waals surface area (Å²) in [6, 6.07) is 1.57. The number of halogens is 1. The van der Waals surface area contributed by atoms with Crippen LogP contribution in [0.3, 0.4) is 0 Å². The van der Waals surface area contributed by atoms with Crippen LogP contribution >= 0.6 is 0 Å². The molecule has 0 saturated heterocycles. The Morgan fingerprint density at radius 2 is 2.08 bits per heavy atom. The van der Waals surface area contributed by atoms with Crippen molar-refractivity contribution in [1.29, 1.82) is 0 Å². The van der Waals surface area contributed by atoms with Crippen molar-refractivity contribution >= 4 is 0 Å². The number of rotatable bonds is 3. The maximum absolute atomic E-state index is 12.9. The zero-order valence-corrected chi connectivity index (χ0v) is 8.47. The molecule has 0 atom stereocenters. The average Bonchev–Trinajstić information content (AvgIpc) is 2.04. The zero-order chi connectivity index (χ0) is 9.90. The predicted molar refractivity (Wildman–Crippen MR) is 52.1 cm³/mol. The normalized spacial score (nSPS) is 11.7. The molecule has 0 aliphatic carbocycles. The highest BCUT2D eigenvalue weighted by atomic mass is 19.1. The van der Waals surface area contributed by atoms with Crippen LogP contribution in [0.15, 0.2) is 18.5 Å². The maximum Gasteiger partial charge on any atom is 0.141 e. The van der Waals surface area contributed by atoms with Gasteiger partial charge in [-0.15, -0.1) is 0 Å². The molecule has 0 aromatic carbocycles. The highest BCUT2D eigenvalue weighted by molar-refractivity contribution is 5.19. The lowest BCUT2D eigenvalue weighted by Gasteiger charge is -2.23. The van der Waals surface area contributed by atoms with Crippen molar-refractivity contribution in [2.45, 2.75) is 39.0 Å². The lowest BCUT2D eigenvalue weighted by atomic mass is 9.82. The third-order valence-corrected chi connectivity index (χ3v) is 2.36. The number of hydrogen-bond donors (Lipinski definition) is 0. The van der Waals surface area contributed by atoms with E-state index in [1.54, 1.807) is 12.3 Å². The summed E-state index contributed by atoms with van der Waals surface area (Å²) in [5.74, 6) is -0.248. The van der Waals surface area contributed by atoms with E-state index in [4.69, 9.17) is 0 Å². The first-order valence-electron chi connectivity index (χ1n) is 4.67. The Morgan fingerprint density at radius 1 is 1.38 bits per heavy atom. The fraction of sp³-hybridized carbons (Fsp3) is 0.545. The van der Waals surface area contributed by atoms with Gasteiger partial charge in [0.2, 0.25) is 0 Å². The van der Waals surface area contributed by atoms with Gasteiger partial charge in [0.1, 0.15) is 5.82 Å². The zero-order valence-electron chi connectivity index (χ0n) is 8.47. The Kier molecular flexibility index (Phi) is 3.02. The van der Waals surface area contributed by atoms with Crippen LogP contribution in [-0.2, 0) is 5.41 Å². The van der Waals surface area contributed by atoms with Crippen molar-refractivity contribution in [3.63, 3.8) is 0 Å². The van der Waals surface area contributed by atoms with Gasteiger partial charge in [0.15, 0.2) is 0 Å². The monoisotopic (exact) mass is 181 g/mol. The van der Waals surface area contributed by atoms with Crippen molar-refractivity contribution in [1.82, 2.24) is 4.98 Å². The van der Waals surface area contributed by atoms with Gasteiger partial charge in [-0.1, -0.05) is 27.2 Å². The van der Waals surface area contributed by atoms with Crippen molar-refractivity contribution in [2.75, 3.05) is 0 Å². The molecule has 0 unspecified atom stereocenters. The fourth-order valence-corrected chi connectivity index (χ4v) is 1.55. The van der Waals surface area contributed by atoms with Crippen LogP contribution in [0.2, 0.25) is 0 Å². The van der Waals surface area contributed by atoms with Crippen LogP contribution in [-0.4, -0.2) is 4.98 Å². The molecule has 0 N–H and O–H groups in total. The summed E-state index contributed by atoms with van der Waals surface area (Å²) >= 11 is 0. The Labute approximate surface area is 79.0 Å². The molecule has 1 rings (SSSR count). The van der Waals surface area contributed by atoms with Gasteiger partial charge in [0.05, 0.1) is 6.20 Å². The molecule has 13 heavy (non-hydrogen) atoms. The molecule has 0 radical (unpaired) electrons. The summed E-state index contributed by atoms with van der Waals surface area (Å²) in [6.07, 6.45) is 5.14. The summed E-state index contributed by atoms with van der Waals surface area (Å²) in [7, 11) is 0. The van der Waals surface area contributed by atoms with Crippen LogP contribution in [0, 0.1) is 5.82 Å². The van der Waals surface area contributed by atoms with E-state index in [-0.39, 0.29) is 11.2 Å². The fourth-order valence-electron chi connectivity index (χ4n) is 1.55. The summed E-state index contributed by atoms with van der Waals surface area (Å²) in [6.45, 7) is 6.37. The van der Waals surface area contributed by atoms with Crippen LogP contribution in [0.1, 0.15) is 39.2 Å². The van der Waals surface area contributed by atoms with E-state index in [0.717, 1.165) is 18.4 Å². The van der Waals surface area contributed by atoms with Gasteiger partial charge in [0.25, 0.3) is 0 Å². The van der Waals surface area contributed by atoms with Crippen molar-refractivity contribution in [2.24, 2.45) is 0 Å². The molecule has 2 heteroatoms. The topological polar surface area (TPSA) is 12.9 Å². The van der Waals surface area contributed by atoms with Crippen LogP contribution in [0.4, 0.5) is 4.39 Å². The van der Waals surface area contributed by atoms with Gasteiger partial charge in [-0.3, -0.25) is 4.98 Å². The summed E-state index contributed by atoms with van der Waals surface area (Å²) in [5, 5.41) is 0. The van der Waals surface area contributed by atoms with E-state index in [9.17, 15) is 4.39 Å². The molecule has 0 spiro atoms. The smallest absolute Gasteiger partial charge is 0.141 e. The minimum absolute atomic E-state index is 0.0316.